The number of nitrogens with one attached hydrogen (secondary N) is 1. The topological polar surface area (TPSA) is 72.5 Å². The molecule has 1 N–H and O–H groups in total. The highest BCUT2D eigenvalue weighted by atomic mass is 32.2. The Morgan fingerprint density at radius 2 is 1.79 bits per heavy atom. The summed E-state index contributed by atoms with van der Waals surface area (Å²) < 4.78 is 63.3. The van der Waals surface area contributed by atoms with E-state index in [1.807, 2.05) is 0 Å². The molecule has 104 valence electrons. The Kier molecular flexibility index (Phi) is 4.20. The van der Waals surface area contributed by atoms with Gasteiger partial charge in [0.25, 0.3) is 5.91 Å². The molecule has 1 aromatic rings. The number of alkyl halides is 3. The molecule has 0 radical (unpaired) electrons. The van der Waals surface area contributed by atoms with Gasteiger partial charge < -0.3 is 4.74 Å². The van der Waals surface area contributed by atoms with Crippen molar-refractivity contribution in [2.45, 2.75) is 5.51 Å². The van der Waals surface area contributed by atoms with E-state index >= 15 is 0 Å². The maximum atomic E-state index is 12.0. The van der Waals surface area contributed by atoms with Gasteiger partial charge in [0.15, 0.2) is 0 Å². The lowest BCUT2D eigenvalue weighted by molar-refractivity contribution is -0.0446. The first-order valence-corrected chi connectivity index (χ1v) is 6.17. The fraction of sp³-hybridized carbons (Fsp3) is 0.100. The number of rotatable bonds is 4. The molecule has 0 bridgehead atoms. The maximum absolute atomic E-state index is 12.0. The van der Waals surface area contributed by atoms with Gasteiger partial charge in [0.2, 0.25) is 0 Å². The first kappa shape index (κ1) is 15.0. The Bertz CT molecular complexity index is 578. The van der Waals surface area contributed by atoms with Gasteiger partial charge in [0.05, 0.1) is 6.26 Å². The zero-order valence-electron chi connectivity index (χ0n) is 9.27. The van der Waals surface area contributed by atoms with Crippen LogP contribution in [0.2, 0.25) is 0 Å². The van der Waals surface area contributed by atoms with Crippen molar-refractivity contribution >= 4 is 15.9 Å². The number of carbonyl (C=O) groups excluding carboxylic acids is 1. The standard InChI is InChI=1S/C10H8F3NO4S/c1-2-18-8-5-3-7(4-6-8)9(15)14-19(16,17)10(11,12)13/h2-6H,1H2,(H,14,15). The third-order valence-electron chi connectivity index (χ3n) is 1.87. The summed E-state index contributed by atoms with van der Waals surface area (Å²) in [5.74, 6) is -1.09. The Hall–Kier alpha value is -2.03. The SMILES string of the molecule is C=COc1ccc(C(=O)NS(=O)(=O)C(F)(F)F)cc1. The number of carbonyl (C=O) groups is 1. The van der Waals surface area contributed by atoms with Crippen molar-refractivity contribution in [3.8, 4) is 5.75 Å². The summed E-state index contributed by atoms with van der Waals surface area (Å²) in [6.07, 6.45) is 1.11. The van der Waals surface area contributed by atoms with E-state index in [1.54, 1.807) is 0 Å². The molecule has 0 aliphatic rings. The lowest BCUT2D eigenvalue weighted by Crippen LogP contribution is -2.40. The summed E-state index contributed by atoms with van der Waals surface area (Å²) in [6, 6.07) is 4.77. The number of benzene rings is 1. The average molecular weight is 295 g/mol. The Morgan fingerprint density at radius 3 is 2.21 bits per heavy atom. The van der Waals surface area contributed by atoms with Gasteiger partial charge in [-0.3, -0.25) is 4.79 Å². The van der Waals surface area contributed by atoms with Crippen LogP contribution in [-0.2, 0) is 10.0 Å². The summed E-state index contributed by atoms with van der Waals surface area (Å²) in [5.41, 5.74) is -5.81. The Balaban J connectivity index is 2.88. The van der Waals surface area contributed by atoms with E-state index in [0.717, 1.165) is 23.1 Å². The first-order chi connectivity index (χ1) is 8.67. The summed E-state index contributed by atoms with van der Waals surface area (Å²) in [6.45, 7) is 3.28. The van der Waals surface area contributed by atoms with Crippen LogP contribution in [-0.4, -0.2) is 19.8 Å². The summed E-state index contributed by atoms with van der Waals surface area (Å²) in [7, 11) is -5.71. The molecule has 0 heterocycles. The van der Waals surface area contributed by atoms with E-state index in [9.17, 15) is 26.4 Å². The van der Waals surface area contributed by atoms with E-state index in [0.29, 0.717) is 5.75 Å². The smallest absolute Gasteiger partial charge is 0.466 e. The van der Waals surface area contributed by atoms with Crippen LogP contribution in [0, 0.1) is 0 Å². The van der Waals surface area contributed by atoms with Gasteiger partial charge in [-0.25, -0.2) is 4.72 Å². The molecule has 0 fully saturated rings. The van der Waals surface area contributed by atoms with Crippen molar-refractivity contribution < 1.29 is 31.1 Å². The minimum absolute atomic E-state index is 0.260. The van der Waals surface area contributed by atoms with Crippen molar-refractivity contribution in [1.82, 2.24) is 4.72 Å². The molecular formula is C10H8F3NO4S. The van der Waals surface area contributed by atoms with Gasteiger partial charge in [-0.15, -0.1) is 0 Å². The predicted octanol–water partition coefficient (Wildman–Crippen LogP) is 1.79. The highest BCUT2D eigenvalue weighted by Crippen LogP contribution is 2.22. The lowest BCUT2D eigenvalue weighted by Gasteiger charge is -2.09. The Labute approximate surface area is 106 Å². The molecule has 0 aliphatic carbocycles. The van der Waals surface area contributed by atoms with Crippen LogP contribution in [0.3, 0.4) is 0 Å². The number of sulfonamides is 1. The molecule has 0 aromatic heterocycles. The maximum Gasteiger partial charge on any atom is 0.516 e. The highest BCUT2D eigenvalue weighted by Gasteiger charge is 2.47. The third kappa shape index (κ3) is 3.71. The largest absolute Gasteiger partial charge is 0.516 e. The molecule has 19 heavy (non-hydrogen) atoms. The quantitative estimate of drug-likeness (QED) is 0.860. The zero-order valence-corrected chi connectivity index (χ0v) is 10.1. The van der Waals surface area contributed by atoms with E-state index in [4.69, 9.17) is 4.74 Å². The van der Waals surface area contributed by atoms with Crippen molar-refractivity contribution in [2.75, 3.05) is 0 Å². The van der Waals surface area contributed by atoms with Crippen LogP contribution in [0.5, 0.6) is 5.75 Å². The van der Waals surface area contributed by atoms with Crippen molar-refractivity contribution in [3.63, 3.8) is 0 Å². The van der Waals surface area contributed by atoms with Gasteiger partial charge in [-0.1, -0.05) is 6.58 Å². The molecule has 5 nitrogen and oxygen atoms in total. The van der Waals surface area contributed by atoms with Crippen LogP contribution < -0.4 is 9.46 Å². The minimum Gasteiger partial charge on any atom is -0.466 e. The van der Waals surface area contributed by atoms with E-state index in [-0.39, 0.29) is 5.56 Å². The second-order valence-electron chi connectivity index (χ2n) is 3.19. The first-order valence-electron chi connectivity index (χ1n) is 4.68. The number of ether oxygens (including phenoxy) is 1. The molecule has 0 spiro atoms. The van der Waals surface area contributed by atoms with Crippen LogP contribution >= 0.6 is 0 Å². The fourth-order valence-electron chi connectivity index (χ4n) is 1.02. The van der Waals surface area contributed by atoms with Gasteiger partial charge >= 0.3 is 15.5 Å². The van der Waals surface area contributed by atoms with E-state index in [2.05, 4.69) is 6.58 Å². The van der Waals surface area contributed by atoms with Crippen LogP contribution in [0.1, 0.15) is 10.4 Å². The summed E-state index contributed by atoms with van der Waals surface area (Å²) >= 11 is 0. The zero-order chi connectivity index (χ0) is 14.7. The van der Waals surface area contributed by atoms with E-state index in [1.165, 1.54) is 12.1 Å². The van der Waals surface area contributed by atoms with Crippen molar-refractivity contribution in [2.24, 2.45) is 0 Å². The Morgan fingerprint density at radius 1 is 1.26 bits per heavy atom. The highest BCUT2D eigenvalue weighted by molar-refractivity contribution is 7.90. The van der Waals surface area contributed by atoms with Gasteiger partial charge in [-0.2, -0.15) is 21.6 Å². The predicted molar refractivity (Wildman–Crippen MR) is 59.7 cm³/mol. The van der Waals surface area contributed by atoms with Crippen molar-refractivity contribution in [1.29, 1.82) is 0 Å². The summed E-state index contributed by atoms with van der Waals surface area (Å²) in [5, 5.41) is 0. The number of halogens is 3. The summed E-state index contributed by atoms with van der Waals surface area (Å²) in [4.78, 5) is 11.3. The number of amides is 1. The monoisotopic (exact) mass is 295 g/mol. The van der Waals surface area contributed by atoms with Crippen molar-refractivity contribution in [3.05, 3.63) is 42.7 Å². The molecule has 0 saturated carbocycles. The van der Waals surface area contributed by atoms with Gasteiger partial charge in [0, 0.05) is 5.56 Å². The average Bonchev–Trinajstić information content (AvgIpc) is 2.28. The lowest BCUT2D eigenvalue weighted by atomic mass is 10.2. The molecule has 1 aromatic carbocycles. The second-order valence-corrected chi connectivity index (χ2v) is 4.86. The fourth-order valence-corrected chi connectivity index (χ4v) is 1.50. The number of hydrogen-bond donors (Lipinski definition) is 1. The van der Waals surface area contributed by atoms with Gasteiger partial charge in [0.1, 0.15) is 5.75 Å². The molecule has 0 unspecified atom stereocenters. The normalized spacial score (nSPS) is 11.7. The molecule has 1 rings (SSSR count). The molecule has 0 atom stereocenters. The molecule has 9 heteroatoms. The molecular weight excluding hydrogens is 287 g/mol. The third-order valence-corrected chi connectivity index (χ3v) is 2.93. The molecule has 0 saturated heterocycles. The van der Waals surface area contributed by atoms with Gasteiger partial charge in [-0.05, 0) is 24.3 Å². The number of hydrogen-bond acceptors (Lipinski definition) is 4. The van der Waals surface area contributed by atoms with Crippen LogP contribution in [0.4, 0.5) is 13.2 Å². The van der Waals surface area contributed by atoms with E-state index < -0.39 is 21.4 Å². The minimum atomic E-state index is -5.71. The molecule has 1 amide bonds. The molecule has 0 aliphatic heterocycles. The van der Waals surface area contributed by atoms with Crippen LogP contribution in [0.25, 0.3) is 0 Å². The van der Waals surface area contributed by atoms with Crippen LogP contribution in [0.15, 0.2) is 37.1 Å². The second kappa shape index (κ2) is 5.31.